The average Bonchev–Trinajstić information content (AvgIpc) is 3.09. The lowest BCUT2D eigenvalue weighted by Gasteiger charge is -2.60. The van der Waals surface area contributed by atoms with E-state index in [0.717, 1.165) is 42.4 Å². The van der Waals surface area contributed by atoms with Crippen molar-refractivity contribution in [3.8, 4) is 0 Å². The molecule has 0 bridgehead atoms. The smallest absolute Gasteiger partial charge is 0.303 e. The van der Waals surface area contributed by atoms with Gasteiger partial charge in [0, 0.05) is 6.42 Å². The number of carboxylic acids is 1. The van der Waals surface area contributed by atoms with Gasteiger partial charge in [-0.1, -0.05) is 65.5 Å². The standard InChI is InChI=1S/C30H50O3/c1-19(2)7-6-8-20(3)25-12-13-26-24-11-9-21-17-23(31)18-22(10-14-28(32)33)30(21,5)27(24)15-16-29(25,26)4/h9,19-20,22-27,31H,6-8,10-18H2,1-5H3,(H,32,33)/t20-,22?,23-,24+,25-,26+,27+,29-,30-/m1/s1. The molecule has 0 amide bonds. The van der Waals surface area contributed by atoms with Crippen LogP contribution in [-0.2, 0) is 4.79 Å². The topological polar surface area (TPSA) is 57.5 Å². The number of carboxylic acid groups (broad SMARTS) is 1. The fraction of sp³-hybridized carbons (Fsp3) is 0.900. The van der Waals surface area contributed by atoms with Gasteiger partial charge in [-0.2, -0.15) is 0 Å². The molecule has 188 valence electrons. The van der Waals surface area contributed by atoms with Crippen molar-refractivity contribution in [3.05, 3.63) is 11.6 Å². The molecule has 33 heavy (non-hydrogen) atoms. The molecule has 3 fully saturated rings. The number of carbonyl (C=O) groups is 1. The molecule has 3 heteroatoms. The maximum atomic E-state index is 11.4. The molecule has 0 heterocycles. The highest BCUT2D eigenvalue weighted by Crippen LogP contribution is 2.68. The van der Waals surface area contributed by atoms with Crippen LogP contribution in [0, 0.1) is 52.3 Å². The van der Waals surface area contributed by atoms with Gasteiger partial charge in [-0.15, -0.1) is 0 Å². The van der Waals surface area contributed by atoms with E-state index in [1.165, 1.54) is 56.9 Å². The van der Waals surface area contributed by atoms with Crippen molar-refractivity contribution in [2.45, 2.75) is 118 Å². The van der Waals surface area contributed by atoms with Gasteiger partial charge >= 0.3 is 5.97 Å². The molecule has 0 spiro atoms. The maximum absolute atomic E-state index is 11.4. The van der Waals surface area contributed by atoms with Crippen LogP contribution >= 0.6 is 0 Å². The number of aliphatic hydroxyl groups is 1. The normalized spacial score (nSPS) is 43.4. The van der Waals surface area contributed by atoms with Crippen LogP contribution in [0.1, 0.15) is 112 Å². The Bertz CT molecular complexity index is 741. The number of rotatable bonds is 8. The summed E-state index contributed by atoms with van der Waals surface area (Å²) in [5.74, 6) is 4.33. The van der Waals surface area contributed by atoms with Gasteiger partial charge in [0.2, 0.25) is 0 Å². The average molecular weight is 459 g/mol. The zero-order valence-corrected chi connectivity index (χ0v) is 22.0. The molecule has 0 aliphatic heterocycles. The summed E-state index contributed by atoms with van der Waals surface area (Å²) in [6, 6.07) is 0. The minimum atomic E-state index is -0.696. The Morgan fingerprint density at radius 3 is 2.58 bits per heavy atom. The molecule has 0 aromatic heterocycles. The van der Waals surface area contributed by atoms with E-state index in [1.54, 1.807) is 0 Å². The second-order valence-corrected chi connectivity index (χ2v) is 13.4. The van der Waals surface area contributed by atoms with Gasteiger partial charge in [-0.3, -0.25) is 4.79 Å². The van der Waals surface area contributed by atoms with Crippen molar-refractivity contribution in [1.29, 1.82) is 0 Å². The monoisotopic (exact) mass is 458 g/mol. The molecule has 0 saturated heterocycles. The van der Waals surface area contributed by atoms with E-state index < -0.39 is 5.97 Å². The van der Waals surface area contributed by atoms with Gasteiger partial charge in [0.25, 0.3) is 0 Å². The van der Waals surface area contributed by atoms with Crippen molar-refractivity contribution in [3.63, 3.8) is 0 Å². The Labute approximate surface area is 202 Å². The molecule has 0 radical (unpaired) electrons. The van der Waals surface area contributed by atoms with Crippen LogP contribution in [0.3, 0.4) is 0 Å². The van der Waals surface area contributed by atoms with Crippen LogP contribution < -0.4 is 0 Å². The van der Waals surface area contributed by atoms with E-state index in [1.807, 2.05) is 0 Å². The first kappa shape index (κ1) is 25.3. The van der Waals surface area contributed by atoms with Crippen LogP contribution in [0.15, 0.2) is 11.6 Å². The third kappa shape index (κ3) is 4.57. The quantitative estimate of drug-likeness (QED) is 0.371. The third-order valence-electron chi connectivity index (χ3n) is 11.3. The lowest BCUT2D eigenvalue weighted by Crippen LogP contribution is -2.54. The summed E-state index contributed by atoms with van der Waals surface area (Å²) in [5.41, 5.74) is 2.02. The molecule has 4 rings (SSSR count). The zero-order valence-electron chi connectivity index (χ0n) is 22.0. The van der Waals surface area contributed by atoms with E-state index >= 15 is 0 Å². The molecule has 3 nitrogen and oxygen atoms in total. The van der Waals surface area contributed by atoms with Gasteiger partial charge in [0.05, 0.1) is 6.10 Å². The minimum absolute atomic E-state index is 0.0832. The molecule has 0 aromatic carbocycles. The molecular formula is C30H50O3. The summed E-state index contributed by atoms with van der Waals surface area (Å²) in [7, 11) is 0. The second-order valence-electron chi connectivity index (χ2n) is 13.4. The Morgan fingerprint density at radius 1 is 1.12 bits per heavy atom. The molecular weight excluding hydrogens is 408 g/mol. The van der Waals surface area contributed by atoms with E-state index in [-0.39, 0.29) is 17.9 Å². The van der Waals surface area contributed by atoms with E-state index in [0.29, 0.717) is 23.7 Å². The van der Waals surface area contributed by atoms with Crippen molar-refractivity contribution in [2.75, 3.05) is 0 Å². The highest BCUT2D eigenvalue weighted by molar-refractivity contribution is 5.66. The predicted octanol–water partition coefficient (Wildman–Crippen LogP) is 7.48. The number of aliphatic hydroxyl groups excluding tert-OH is 1. The lowest BCUT2D eigenvalue weighted by molar-refractivity contribution is -0.138. The Hall–Kier alpha value is -0.830. The van der Waals surface area contributed by atoms with Crippen LogP contribution in [0.5, 0.6) is 0 Å². The van der Waals surface area contributed by atoms with Crippen LogP contribution in [-0.4, -0.2) is 22.3 Å². The van der Waals surface area contributed by atoms with Crippen molar-refractivity contribution < 1.29 is 15.0 Å². The van der Waals surface area contributed by atoms with Gasteiger partial charge < -0.3 is 10.2 Å². The van der Waals surface area contributed by atoms with Crippen LogP contribution in [0.25, 0.3) is 0 Å². The molecule has 4 aliphatic carbocycles. The lowest BCUT2D eigenvalue weighted by atomic mass is 9.44. The number of hydrogen-bond donors (Lipinski definition) is 2. The second kappa shape index (κ2) is 9.67. The van der Waals surface area contributed by atoms with Gasteiger partial charge in [0.15, 0.2) is 0 Å². The van der Waals surface area contributed by atoms with Gasteiger partial charge in [-0.05, 0) is 104 Å². The third-order valence-corrected chi connectivity index (χ3v) is 11.3. The summed E-state index contributed by atoms with van der Waals surface area (Å²) in [6.07, 6.45) is 15.5. The first-order valence-corrected chi connectivity index (χ1v) is 14.2. The fourth-order valence-electron chi connectivity index (χ4n) is 9.62. The molecule has 0 aromatic rings. The number of fused-ring (bicyclic) bond motifs is 5. The summed E-state index contributed by atoms with van der Waals surface area (Å²) in [6.45, 7) is 12.3. The van der Waals surface area contributed by atoms with E-state index in [9.17, 15) is 15.0 Å². The summed E-state index contributed by atoms with van der Waals surface area (Å²) in [4.78, 5) is 11.4. The van der Waals surface area contributed by atoms with Crippen LogP contribution in [0.4, 0.5) is 0 Å². The zero-order chi connectivity index (χ0) is 24.0. The van der Waals surface area contributed by atoms with Crippen LogP contribution in [0.2, 0.25) is 0 Å². The fourth-order valence-corrected chi connectivity index (χ4v) is 9.62. The van der Waals surface area contributed by atoms with Gasteiger partial charge in [0.1, 0.15) is 0 Å². The number of hydrogen-bond acceptors (Lipinski definition) is 2. The minimum Gasteiger partial charge on any atom is -0.481 e. The molecule has 2 N–H and O–H groups in total. The first-order valence-electron chi connectivity index (χ1n) is 14.2. The highest BCUT2D eigenvalue weighted by atomic mass is 16.4. The predicted molar refractivity (Wildman–Crippen MR) is 135 cm³/mol. The largest absolute Gasteiger partial charge is 0.481 e. The number of aliphatic carboxylic acids is 1. The van der Waals surface area contributed by atoms with Crippen molar-refractivity contribution in [1.82, 2.24) is 0 Å². The summed E-state index contributed by atoms with van der Waals surface area (Å²) >= 11 is 0. The summed E-state index contributed by atoms with van der Waals surface area (Å²) in [5, 5.41) is 20.0. The van der Waals surface area contributed by atoms with E-state index in [4.69, 9.17) is 0 Å². The Kier molecular flexibility index (Phi) is 7.40. The first-order chi connectivity index (χ1) is 15.6. The van der Waals surface area contributed by atoms with Gasteiger partial charge in [-0.25, -0.2) is 0 Å². The molecule has 4 aliphatic rings. The highest BCUT2D eigenvalue weighted by Gasteiger charge is 2.60. The van der Waals surface area contributed by atoms with Crippen molar-refractivity contribution in [2.24, 2.45) is 52.3 Å². The molecule has 9 atom stereocenters. The Morgan fingerprint density at radius 2 is 1.88 bits per heavy atom. The molecule has 1 unspecified atom stereocenters. The van der Waals surface area contributed by atoms with Crippen molar-refractivity contribution >= 4 is 5.97 Å². The maximum Gasteiger partial charge on any atom is 0.303 e. The summed E-state index contributed by atoms with van der Waals surface area (Å²) < 4.78 is 0. The van der Waals surface area contributed by atoms with E-state index in [2.05, 4.69) is 40.7 Å². The Balaban J connectivity index is 1.54. The molecule has 3 saturated carbocycles. The SMILES string of the molecule is CC(C)CCC[C@@H](C)[C@H]1CC[C@H]2[C@@H]3CC=C4C[C@@H](O)CC(CCC(=O)O)[C@]4(C)[C@H]3CC[C@]12C. The number of allylic oxidation sites excluding steroid dienone is 1.